The molecule has 0 aliphatic carbocycles. The maximum absolute atomic E-state index is 12.0. The summed E-state index contributed by atoms with van der Waals surface area (Å²) in [7, 11) is 0. The van der Waals surface area contributed by atoms with E-state index in [4.69, 9.17) is 14.9 Å². The standard InChI is InChI=1S/C17H22O6/c1-11(2)7-4-3-5-10-23-17(22)13-9-6-8-12(15(18)19)14(13)16(20)21/h6,8-9,11H,3-5,7,10H2,1-2H3,(H,18,19)(H,20,21). The molecule has 0 unspecified atom stereocenters. The van der Waals surface area contributed by atoms with E-state index in [0.29, 0.717) is 12.3 Å². The lowest BCUT2D eigenvalue weighted by atomic mass is 10.0. The molecule has 0 aliphatic heterocycles. The molecule has 0 atom stereocenters. The van der Waals surface area contributed by atoms with Crippen LogP contribution in [0.15, 0.2) is 18.2 Å². The first-order valence-electron chi connectivity index (χ1n) is 7.61. The second-order valence-corrected chi connectivity index (χ2v) is 5.72. The Bertz CT molecular complexity index is 576. The number of rotatable bonds is 9. The average Bonchev–Trinajstić information content (AvgIpc) is 2.49. The third kappa shape index (κ3) is 5.73. The van der Waals surface area contributed by atoms with Crippen molar-refractivity contribution in [1.82, 2.24) is 0 Å². The molecule has 6 heteroatoms. The lowest BCUT2D eigenvalue weighted by Gasteiger charge is -2.09. The highest BCUT2D eigenvalue weighted by Gasteiger charge is 2.24. The molecule has 6 nitrogen and oxygen atoms in total. The lowest BCUT2D eigenvalue weighted by molar-refractivity contribution is 0.0486. The summed E-state index contributed by atoms with van der Waals surface area (Å²) in [6.45, 7) is 4.47. The topological polar surface area (TPSA) is 101 Å². The van der Waals surface area contributed by atoms with Crippen molar-refractivity contribution in [3.05, 3.63) is 34.9 Å². The Morgan fingerprint density at radius 2 is 1.65 bits per heavy atom. The number of aromatic carboxylic acids is 2. The van der Waals surface area contributed by atoms with Crippen LogP contribution in [0, 0.1) is 5.92 Å². The zero-order valence-corrected chi connectivity index (χ0v) is 13.4. The van der Waals surface area contributed by atoms with Gasteiger partial charge < -0.3 is 14.9 Å². The highest BCUT2D eigenvalue weighted by atomic mass is 16.5. The molecule has 1 rings (SSSR count). The number of esters is 1. The van der Waals surface area contributed by atoms with Gasteiger partial charge in [0.15, 0.2) is 0 Å². The van der Waals surface area contributed by atoms with Gasteiger partial charge in [-0.05, 0) is 24.5 Å². The fraction of sp³-hybridized carbons (Fsp3) is 0.471. The second kappa shape index (κ2) is 8.92. The molecule has 1 aromatic carbocycles. The van der Waals surface area contributed by atoms with Crippen LogP contribution in [0.3, 0.4) is 0 Å². The normalized spacial score (nSPS) is 10.6. The first-order chi connectivity index (χ1) is 10.8. The van der Waals surface area contributed by atoms with Crippen LogP contribution >= 0.6 is 0 Å². The van der Waals surface area contributed by atoms with Crippen LogP contribution in [0.2, 0.25) is 0 Å². The molecule has 0 spiro atoms. The van der Waals surface area contributed by atoms with Crippen LogP contribution in [0.4, 0.5) is 0 Å². The molecular formula is C17H22O6. The summed E-state index contributed by atoms with van der Waals surface area (Å²) in [6, 6.07) is 3.74. The van der Waals surface area contributed by atoms with Crippen molar-refractivity contribution in [2.75, 3.05) is 6.61 Å². The van der Waals surface area contributed by atoms with E-state index in [9.17, 15) is 14.4 Å². The third-order valence-corrected chi connectivity index (χ3v) is 3.39. The number of carbonyl (C=O) groups excluding carboxylic acids is 1. The highest BCUT2D eigenvalue weighted by Crippen LogP contribution is 2.17. The molecule has 0 heterocycles. The molecule has 0 bridgehead atoms. The first-order valence-corrected chi connectivity index (χ1v) is 7.61. The zero-order valence-electron chi connectivity index (χ0n) is 13.4. The maximum atomic E-state index is 12.0. The van der Waals surface area contributed by atoms with Crippen molar-refractivity contribution in [2.45, 2.75) is 39.5 Å². The molecule has 0 fully saturated rings. The minimum absolute atomic E-state index is 0.188. The number of hydrogen-bond acceptors (Lipinski definition) is 4. The molecule has 1 aromatic rings. The number of ether oxygens (including phenoxy) is 1. The molecule has 2 N–H and O–H groups in total. The fourth-order valence-electron chi connectivity index (χ4n) is 2.21. The van der Waals surface area contributed by atoms with Crippen LogP contribution in [0.25, 0.3) is 0 Å². The van der Waals surface area contributed by atoms with Gasteiger partial charge in [0.25, 0.3) is 0 Å². The summed E-state index contributed by atoms with van der Waals surface area (Å²) in [6.07, 6.45) is 3.77. The first kappa shape index (κ1) is 18.7. The Hall–Kier alpha value is -2.37. The molecule has 0 amide bonds. The van der Waals surface area contributed by atoms with E-state index in [1.54, 1.807) is 0 Å². The van der Waals surface area contributed by atoms with E-state index in [2.05, 4.69) is 13.8 Å². The molecule has 0 saturated carbocycles. The van der Waals surface area contributed by atoms with Crippen molar-refractivity contribution >= 4 is 17.9 Å². The number of carboxylic acids is 2. The number of benzene rings is 1. The highest BCUT2D eigenvalue weighted by molar-refractivity contribution is 6.09. The lowest BCUT2D eigenvalue weighted by Crippen LogP contribution is -2.16. The Labute approximate surface area is 135 Å². The van der Waals surface area contributed by atoms with E-state index >= 15 is 0 Å². The number of unbranched alkanes of at least 4 members (excludes halogenated alkanes) is 2. The Morgan fingerprint density at radius 3 is 2.22 bits per heavy atom. The predicted octanol–water partition coefficient (Wildman–Crippen LogP) is 3.46. The van der Waals surface area contributed by atoms with Crippen LogP contribution in [0.5, 0.6) is 0 Å². The van der Waals surface area contributed by atoms with Crippen LogP contribution in [-0.2, 0) is 4.74 Å². The van der Waals surface area contributed by atoms with Gasteiger partial charge in [0, 0.05) is 0 Å². The van der Waals surface area contributed by atoms with Crippen molar-refractivity contribution in [3.63, 3.8) is 0 Å². The van der Waals surface area contributed by atoms with E-state index in [-0.39, 0.29) is 12.2 Å². The largest absolute Gasteiger partial charge is 0.478 e. The van der Waals surface area contributed by atoms with Crippen LogP contribution in [-0.4, -0.2) is 34.7 Å². The molecule has 0 radical (unpaired) electrons. The van der Waals surface area contributed by atoms with E-state index in [1.165, 1.54) is 12.1 Å². The summed E-state index contributed by atoms with van der Waals surface area (Å²) >= 11 is 0. The second-order valence-electron chi connectivity index (χ2n) is 5.72. The summed E-state index contributed by atoms with van der Waals surface area (Å²) in [5.74, 6) is -3.04. The van der Waals surface area contributed by atoms with Gasteiger partial charge in [-0.3, -0.25) is 0 Å². The SMILES string of the molecule is CC(C)CCCCCOC(=O)c1cccc(C(=O)O)c1C(=O)O. The molecule has 23 heavy (non-hydrogen) atoms. The Balaban J connectivity index is 2.68. The monoisotopic (exact) mass is 322 g/mol. The number of carboxylic acid groups (broad SMARTS) is 2. The van der Waals surface area contributed by atoms with Crippen LogP contribution < -0.4 is 0 Å². The Morgan fingerprint density at radius 1 is 1.00 bits per heavy atom. The van der Waals surface area contributed by atoms with Gasteiger partial charge in [-0.1, -0.05) is 39.2 Å². The van der Waals surface area contributed by atoms with Crippen molar-refractivity contribution in [3.8, 4) is 0 Å². The maximum Gasteiger partial charge on any atom is 0.339 e. The van der Waals surface area contributed by atoms with Gasteiger partial charge in [0.2, 0.25) is 0 Å². The quantitative estimate of drug-likeness (QED) is 0.533. The van der Waals surface area contributed by atoms with Crippen molar-refractivity contribution in [1.29, 1.82) is 0 Å². The minimum atomic E-state index is -1.47. The summed E-state index contributed by atoms with van der Waals surface area (Å²) in [5.41, 5.74) is -1.20. The number of hydrogen-bond donors (Lipinski definition) is 2. The van der Waals surface area contributed by atoms with Gasteiger partial charge in [-0.15, -0.1) is 0 Å². The van der Waals surface area contributed by atoms with E-state index in [0.717, 1.165) is 25.3 Å². The summed E-state index contributed by atoms with van der Waals surface area (Å²) < 4.78 is 5.07. The minimum Gasteiger partial charge on any atom is -0.478 e. The van der Waals surface area contributed by atoms with Gasteiger partial charge in [-0.2, -0.15) is 0 Å². The van der Waals surface area contributed by atoms with Gasteiger partial charge >= 0.3 is 17.9 Å². The molecule has 0 aliphatic rings. The Kier molecular flexibility index (Phi) is 7.25. The predicted molar refractivity (Wildman–Crippen MR) is 83.9 cm³/mol. The van der Waals surface area contributed by atoms with E-state index < -0.39 is 29.0 Å². The fourth-order valence-corrected chi connectivity index (χ4v) is 2.21. The molecule has 0 aromatic heterocycles. The molecule has 0 saturated heterocycles. The molecule has 126 valence electrons. The van der Waals surface area contributed by atoms with E-state index in [1.807, 2.05) is 0 Å². The van der Waals surface area contributed by atoms with Crippen LogP contribution in [0.1, 0.15) is 70.6 Å². The van der Waals surface area contributed by atoms with Gasteiger partial charge in [0.05, 0.1) is 23.3 Å². The van der Waals surface area contributed by atoms with Gasteiger partial charge in [-0.25, -0.2) is 14.4 Å². The van der Waals surface area contributed by atoms with Crippen molar-refractivity contribution < 1.29 is 29.3 Å². The number of carbonyl (C=O) groups is 3. The smallest absolute Gasteiger partial charge is 0.339 e. The average molecular weight is 322 g/mol. The van der Waals surface area contributed by atoms with Crippen molar-refractivity contribution in [2.24, 2.45) is 5.92 Å². The summed E-state index contributed by atoms with van der Waals surface area (Å²) in [5, 5.41) is 18.2. The third-order valence-electron chi connectivity index (χ3n) is 3.39. The zero-order chi connectivity index (χ0) is 17.4. The van der Waals surface area contributed by atoms with Gasteiger partial charge in [0.1, 0.15) is 0 Å². The summed E-state index contributed by atoms with van der Waals surface area (Å²) in [4.78, 5) is 34.3. The molecular weight excluding hydrogens is 300 g/mol.